The maximum Gasteiger partial charge on any atom is 0.288 e. The Morgan fingerprint density at radius 1 is 1.42 bits per heavy atom. The summed E-state index contributed by atoms with van der Waals surface area (Å²) in [6.07, 6.45) is 1.95. The van der Waals surface area contributed by atoms with Crippen molar-refractivity contribution in [3.05, 3.63) is 24.0 Å². The lowest BCUT2D eigenvalue weighted by molar-refractivity contribution is -0.0626. The number of imidazole rings is 1. The molecule has 102 valence electrons. The number of aromatic nitrogens is 2. The summed E-state index contributed by atoms with van der Waals surface area (Å²) in [5.74, 6) is -2.21. The second kappa shape index (κ2) is 4.16. The van der Waals surface area contributed by atoms with Gasteiger partial charge in [-0.3, -0.25) is 0 Å². The molecule has 0 radical (unpaired) electrons. The molecule has 1 saturated carbocycles. The van der Waals surface area contributed by atoms with Gasteiger partial charge in [0.2, 0.25) is 0 Å². The zero-order valence-corrected chi connectivity index (χ0v) is 10.3. The first-order valence-corrected chi connectivity index (χ1v) is 6.24. The van der Waals surface area contributed by atoms with Gasteiger partial charge < -0.3 is 15.4 Å². The number of benzene rings is 1. The molecule has 4 nitrogen and oxygen atoms in total. The molecular weight excluding hydrogens is 252 g/mol. The SMILES string of the molecule is Nc1ccc2c(c1)nc(C1CC1)n2CC(F)(F)CO. The Labute approximate surface area is 108 Å². The summed E-state index contributed by atoms with van der Waals surface area (Å²) in [5.41, 5.74) is 7.53. The summed E-state index contributed by atoms with van der Waals surface area (Å²) in [4.78, 5) is 4.42. The minimum atomic E-state index is -3.14. The first-order valence-electron chi connectivity index (χ1n) is 6.24. The van der Waals surface area contributed by atoms with Crippen LogP contribution in [0.25, 0.3) is 11.0 Å². The summed E-state index contributed by atoms with van der Waals surface area (Å²) >= 11 is 0. The highest BCUT2D eigenvalue weighted by molar-refractivity contribution is 5.80. The van der Waals surface area contributed by atoms with Crippen LogP contribution in [0.2, 0.25) is 0 Å². The highest BCUT2D eigenvalue weighted by Gasteiger charge is 2.35. The maximum atomic E-state index is 13.5. The monoisotopic (exact) mass is 267 g/mol. The topological polar surface area (TPSA) is 64.1 Å². The number of nitrogens with two attached hydrogens (primary N) is 1. The van der Waals surface area contributed by atoms with Crippen LogP contribution in [-0.2, 0) is 6.54 Å². The molecular formula is C13H15F2N3O. The van der Waals surface area contributed by atoms with Gasteiger partial charge in [-0.25, -0.2) is 13.8 Å². The maximum absolute atomic E-state index is 13.5. The van der Waals surface area contributed by atoms with Crippen LogP contribution in [0.5, 0.6) is 0 Å². The van der Waals surface area contributed by atoms with Crippen LogP contribution in [0.1, 0.15) is 24.6 Å². The lowest BCUT2D eigenvalue weighted by atomic mass is 10.2. The van der Waals surface area contributed by atoms with Crippen molar-refractivity contribution >= 4 is 16.7 Å². The highest BCUT2D eigenvalue weighted by atomic mass is 19.3. The smallest absolute Gasteiger partial charge is 0.288 e. The minimum Gasteiger partial charge on any atom is -0.399 e. The van der Waals surface area contributed by atoms with Gasteiger partial charge in [-0.05, 0) is 31.0 Å². The second-order valence-corrected chi connectivity index (χ2v) is 5.09. The minimum absolute atomic E-state index is 0.253. The summed E-state index contributed by atoms with van der Waals surface area (Å²) in [7, 11) is 0. The third-order valence-electron chi connectivity index (χ3n) is 3.37. The van der Waals surface area contributed by atoms with E-state index in [2.05, 4.69) is 4.98 Å². The highest BCUT2D eigenvalue weighted by Crippen LogP contribution is 2.41. The molecule has 3 N–H and O–H groups in total. The van der Waals surface area contributed by atoms with Crippen molar-refractivity contribution in [3.8, 4) is 0 Å². The van der Waals surface area contributed by atoms with Crippen molar-refractivity contribution in [2.75, 3.05) is 12.3 Å². The molecule has 2 aromatic rings. The lowest BCUT2D eigenvalue weighted by Crippen LogP contribution is -2.28. The molecule has 0 saturated heterocycles. The Morgan fingerprint density at radius 2 is 2.16 bits per heavy atom. The first kappa shape index (κ1) is 12.3. The van der Waals surface area contributed by atoms with Crippen molar-refractivity contribution in [1.29, 1.82) is 0 Å². The number of anilines is 1. The summed E-state index contributed by atoms with van der Waals surface area (Å²) in [6.45, 7) is -1.71. The van der Waals surface area contributed by atoms with Crippen molar-refractivity contribution in [2.24, 2.45) is 0 Å². The number of fused-ring (bicyclic) bond motifs is 1. The van der Waals surface area contributed by atoms with Gasteiger partial charge in [-0.1, -0.05) is 0 Å². The predicted octanol–water partition coefficient (Wildman–Crippen LogP) is 2.12. The van der Waals surface area contributed by atoms with Gasteiger partial charge in [-0.15, -0.1) is 0 Å². The summed E-state index contributed by atoms with van der Waals surface area (Å²) in [5, 5.41) is 8.75. The number of halogens is 2. The van der Waals surface area contributed by atoms with Gasteiger partial charge >= 0.3 is 0 Å². The average molecular weight is 267 g/mol. The molecule has 1 fully saturated rings. The molecule has 0 atom stereocenters. The Balaban J connectivity index is 2.11. The van der Waals surface area contributed by atoms with Crippen LogP contribution in [0.15, 0.2) is 18.2 Å². The molecule has 0 bridgehead atoms. The fraction of sp³-hybridized carbons (Fsp3) is 0.462. The van der Waals surface area contributed by atoms with Crippen LogP contribution in [0.3, 0.4) is 0 Å². The van der Waals surface area contributed by atoms with Crippen molar-refractivity contribution in [3.63, 3.8) is 0 Å². The summed E-state index contributed by atoms with van der Waals surface area (Å²) in [6, 6.07) is 5.07. The molecule has 19 heavy (non-hydrogen) atoms. The van der Waals surface area contributed by atoms with Gasteiger partial charge in [-0.2, -0.15) is 0 Å². The van der Waals surface area contributed by atoms with Crippen LogP contribution in [0, 0.1) is 0 Å². The molecule has 1 aromatic carbocycles. The first-order chi connectivity index (χ1) is 9.00. The number of hydrogen-bond donors (Lipinski definition) is 2. The quantitative estimate of drug-likeness (QED) is 0.834. The fourth-order valence-electron chi connectivity index (χ4n) is 2.27. The number of alkyl halides is 2. The van der Waals surface area contributed by atoms with E-state index in [1.807, 2.05) is 0 Å². The van der Waals surface area contributed by atoms with Gasteiger partial charge in [0, 0.05) is 11.6 Å². The number of rotatable bonds is 4. The molecule has 1 aromatic heterocycles. The van der Waals surface area contributed by atoms with Crippen molar-refractivity contribution < 1.29 is 13.9 Å². The largest absolute Gasteiger partial charge is 0.399 e. The molecule has 1 aliphatic rings. The molecule has 0 spiro atoms. The molecule has 0 aliphatic heterocycles. The number of aliphatic hydroxyl groups is 1. The standard InChI is InChI=1S/C13H15F2N3O/c14-13(15,7-19)6-18-11-4-3-9(16)5-10(11)17-12(18)8-1-2-8/h3-5,8,19H,1-2,6-7,16H2. The zero-order valence-electron chi connectivity index (χ0n) is 10.3. The number of nitrogens with zero attached hydrogens (tertiary/aromatic N) is 2. The van der Waals surface area contributed by atoms with Crippen LogP contribution < -0.4 is 5.73 Å². The van der Waals surface area contributed by atoms with E-state index in [-0.39, 0.29) is 5.92 Å². The average Bonchev–Trinajstić information content (AvgIpc) is 3.14. The third-order valence-corrected chi connectivity index (χ3v) is 3.37. The van der Waals surface area contributed by atoms with E-state index >= 15 is 0 Å². The molecule has 0 amide bonds. The van der Waals surface area contributed by atoms with Crippen LogP contribution in [-0.4, -0.2) is 27.2 Å². The van der Waals surface area contributed by atoms with E-state index in [0.717, 1.165) is 12.8 Å². The lowest BCUT2D eigenvalue weighted by Gasteiger charge is -2.16. The van der Waals surface area contributed by atoms with E-state index in [0.29, 0.717) is 22.5 Å². The van der Waals surface area contributed by atoms with Crippen LogP contribution >= 0.6 is 0 Å². The fourth-order valence-corrected chi connectivity index (χ4v) is 2.27. The molecule has 3 rings (SSSR count). The van der Waals surface area contributed by atoms with E-state index in [1.165, 1.54) is 4.57 Å². The Hall–Kier alpha value is -1.69. The normalized spacial score (nSPS) is 16.2. The Bertz CT molecular complexity index is 620. The van der Waals surface area contributed by atoms with Crippen molar-refractivity contribution in [2.45, 2.75) is 31.2 Å². The molecule has 0 unspecified atom stereocenters. The van der Waals surface area contributed by atoms with E-state index < -0.39 is 19.1 Å². The Kier molecular flexibility index (Phi) is 2.70. The van der Waals surface area contributed by atoms with Crippen molar-refractivity contribution in [1.82, 2.24) is 9.55 Å². The number of aliphatic hydroxyl groups excluding tert-OH is 1. The third kappa shape index (κ3) is 2.28. The van der Waals surface area contributed by atoms with Crippen LogP contribution in [0.4, 0.5) is 14.5 Å². The molecule has 6 heteroatoms. The van der Waals surface area contributed by atoms with Gasteiger partial charge in [0.15, 0.2) is 0 Å². The number of nitrogen functional groups attached to an aromatic ring is 1. The zero-order chi connectivity index (χ0) is 13.6. The second-order valence-electron chi connectivity index (χ2n) is 5.09. The van der Waals surface area contributed by atoms with E-state index in [4.69, 9.17) is 10.8 Å². The molecule has 1 heterocycles. The van der Waals surface area contributed by atoms with Gasteiger partial charge in [0.1, 0.15) is 12.4 Å². The van der Waals surface area contributed by atoms with Gasteiger partial charge in [0.25, 0.3) is 5.92 Å². The Morgan fingerprint density at radius 3 is 2.79 bits per heavy atom. The predicted molar refractivity (Wildman–Crippen MR) is 68.2 cm³/mol. The molecule has 1 aliphatic carbocycles. The van der Waals surface area contributed by atoms with Gasteiger partial charge in [0.05, 0.1) is 17.6 Å². The van der Waals surface area contributed by atoms with E-state index in [1.54, 1.807) is 18.2 Å². The summed E-state index contributed by atoms with van der Waals surface area (Å²) < 4.78 is 28.4. The van der Waals surface area contributed by atoms with E-state index in [9.17, 15) is 8.78 Å². The number of hydrogen-bond acceptors (Lipinski definition) is 3.